The first-order chi connectivity index (χ1) is 10.5. The monoisotopic (exact) mass is 315 g/mol. The second kappa shape index (κ2) is 5.84. The molecule has 114 valence electrons. The molecular formula is C15H17N5OS. The fourth-order valence-corrected chi connectivity index (χ4v) is 2.95. The molecule has 3 rings (SSSR count). The zero-order valence-electron chi connectivity index (χ0n) is 12.7. The van der Waals surface area contributed by atoms with Gasteiger partial charge in [-0.05, 0) is 26.0 Å². The minimum absolute atomic E-state index is 0.0651. The molecule has 0 saturated carbocycles. The molecule has 0 fully saturated rings. The number of carbonyl (C=O) groups excluding carboxylic acids is 1. The van der Waals surface area contributed by atoms with Crippen molar-refractivity contribution in [2.45, 2.75) is 19.0 Å². The minimum Gasteiger partial charge on any atom is -0.333 e. The topological polar surface area (TPSA) is 75.6 Å². The maximum atomic E-state index is 12.1. The van der Waals surface area contributed by atoms with Crippen molar-refractivity contribution >= 4 is 34.4 Å². The first-order valence-electron chi connectivity index (χ1n) is 6.92. The summed E-state index contributed by atoms with van der Waals surface area (Å²) in [5, 5.41) is 7.95. The summed E-state index contributed by atoms with van der Waals surface area (Å²) in [6, 6.07) is 7.81. The predicted molar refractivity (Wildman–Crippen MR) is 88.1 cm³/mol. The summed E-state index contributed by atoms with van der Waals surface area (Å²) in [6.45, 7) is 3.82. The quantitative estimate of drug-likeness (QED) is 0.726. The van der Waals surface area contributed by atoms with Crippen LogP contribution in [0.1, 0.15) is 11.4 Å². The molecule has 2 heterocycles. The van der Waals surface area contributed by atoms with Gasteiger partial charge in [-0.15, -0.1) is 0 Å². The van der Waals surface area contributed by atoms with Crippen molar-refractivity contribution in [3.8, 4) is 0 Å². The molecule has 6 nitrogen and oxygen atoms in total. The van der Waals surface area contributed by atoms with E-state index in [9.17, 15) is 4.79 Å². The third-order valence-corrected chi connectivity index (χ3v) is 4.35. The van der Waals surface area contributed by atoms with E-state index in [1.54, 1.807) is 4.68 Å². The van der Waals surface area contributed by atoms with Gasteiger partial charge in [0.15, 0.2) is 5.16 Å². The number of benzene rings is 1. The molecule has 2 aromatic heterocycles. The summed E-state index contributed by atoms with van der Waals surface area (Å²) in [5.74, 6) is 0.234. The summed E-state index contributed by atoms with van der Waals surface area (Å²) in [5.41, 5.74) is 4.44. The molecule has 3 aromatic rings. The summed E-state index contributed by atoms with van der Waals surface area (Å²) in [4.78, 5) is 19.7. The van der Waals surface area contributed by atoms with Gasteiger partial charge in [-0.3, -0.25) is 9.48 Å². The lowest BCUT2D eigenvalue weighted by Crippen LogP contribution is -2.15. The Hall–Kier alpha value is -2.28. The van der Waals surface area contributed by atoms with Crippen molar-refractivity contribution < 1.29 is 4.79 Å². The van der Waals surface area contributed by atoms with Gasteiger partial charge in [0.1, 0.15) is 0 Å². The van der Waals surface area contributed by atoms with E-state index in [1.165, 1.54) is 11.8 Å². The molecule has 7 heteroatoms. The van der Waals surface area contributed by atoms with Crippen molar-refractivity contribution in [3.63, 3.8) is 0 Å². The Balaban J connectivity index is 1.64. The number of thioether (sulfide) groups is 1. The number of aromatic amines is 1. The average molecular weight is 315 g/mol. The lowest BCUT2D eigenvalue weighted by Gasteiger charge is -2.04. The highest BCUT2D eigenvalue weighted by atomic mass is 32.2. The van der Waals surface area contributed by atoms with Crippen molar-refractivity contribution in [1.29, 1.82) is 0 Å². The van der Waals surface area contributed by atoms with E-state index >= 15 is 0 Å². The number of rotatable bonds is 4. The average Bonchev–Trinajstić information content (AvgIpc) is 3.01. The fourth-order valence-electron chi connectivity index (χ4n) is 2.26. The van der Waals surface area contributed by atoms with Crippen molar-refractivity contribution in [2.75, 3.05) is 11.1 Å². The molecule has 0 aliphatic rings. The van der Waals surface area contributed by atoms with Gasteiger partial charge in [0.25, 0.3) is 0 Å². The van der Waals surface area contributed by atoms with Crippen LogP contribution in [0.15, 0.2) is 29.4 Å². The van der Waals surface area contributed by atoms with E-state index in [2.05, 4.69) is 20.4 Å². The Kier molecular flexibility index (Phi) is 3.89. The van der Waals surface area contributed by atoms with Crippen LogP contribution in [0.5, 0.6) is 0 Å². The number of aromatic nitrogens is 4. The molecule has 0 bridgehead atoms. The van der Waals surface area contributed by atoms with Crippen LogP contribution in [0.4, 0.5) is 5.69 Å². The molecule has 22 heavy (non-hydrogen) atoms. The molecule has 2 N–H and O–H groups in total. The molecule has 0 saturated heterocycles. The molecule has 0 atom stereocenters. The second-order valence-corrected chi connectivity index (χ2v) is 6.03. The number of para-hydroxylation sites is 2. The van der Waals surface area contributed by atoms with E-state index in [4.69, 9.17) is 0 Å². The highest BCUT2D eigenvalue weighted by Gasteiger charge is 2.13. The number of H-pyrrole nitrogens is 1. The van der Waals surface area contributed by atoms with E-state index in [1.807, 2.05) is 45.2 Å². The Morgan fingerprint density at radius 2 is 2.14 bits per heavy atom. The summed E-state index contributed by atoms with van der Waals surface area (Å²) >= 11 is 1.39. The number of amides is 1. The van der Waals surface area contributed by atoms with Crippen molar-refractivity contribution in [1.82, 2.24) is 19.7 Å². The van der Waals surface area contributed by atoms with Crippen LogP contribution in [0, 0.1) is 13.8 Å². The van der Waals surface area contributed by atoms with E-state index in [0.29, 0.717) is 5.75 Å². The van der Waals surface area contributed by atoms with Gasteiger partial charge < -0.3 is 10.3 Å². The van der Waals surface area contributed by atoms with Crippen molar-refractivity contribution in [2.24, 2.45) is 7.05 Å². The van der Waals surface area contributed by atoms with Gasteiger partial charge >= 0.3 is 0 Å². The summed E-state index contributed by atoms with van der Waals surface area (Å²) < 4.78 is 1.76. The van der Waals surface area contributed by atoms with Gasteiger partial charge in [-0.25, -0.2) is 4.98 Å². The third kappa shape index (κ3) is 2.85. The SMILES string of the molecule is Cc1nn(C)c(C)c1NC(=O)CSc1nc2ccccc2[nH]1. The number of imidazole rings is 1. The number of fused-ring (bicyclic) bond motifs is 1. The maximum Gasteiger partial charge on any atom is 0.234 e. The molecule has 0 radical (unpaired) electrons. The minimum atomic E-state index is -0.0651. The molecule has 0 unspecified atom stereocenters. The first kappa shape index (κ1) is 14.6. The van der Waals surface area contributed by atoms with Crippen LogP contribution in [-0.4, -0.2) is 31.4 Å². The Morgan fingerprint density at radius 3 is 2.82 bits per heavy atom. The molecule has 0 spiro atoms. The number of nitrogens with one attached hydrogen (secondary N) is 2. The summed E-state index contributed by atoms with van der Waals surface area (Å²) in [7, 11) is 1.86. The normalized spacial score (nSPS) is 11.0. The summed E-state index contributed by atoms with van der Waals surface area (Å²) in [6.07, 6.45) is 0. The van der Waals surface area contributed by atoms with Crippen LogP contribution in [0.3, 0.4) is 0 Å². The Bertz CT molecular complexity index is 803. The standard InChI is InChI=1S/C15H17N5OS/c1-9-14(10(2)20(3)19-9)18-13(21)8-22-15-16-11-6-4-5-7-12(11)17-15/h4-7H,8H2,1-3H3,(H,16,17)(H,18,21). The Morgan fingerprint density at radius 1 is 1.36 bits per heavy atom. The van der Waals surface area contributed by atoms with Gasteiger partial charge in [0.2, 0.25) is 5.91 Å². The highest BCUT2D eigenvalue weighted by molar-refractivity contribution is 7.99. The fraction of sp³-hybridized carbons (Fsp3) is 0.267. The van der Waals surface area contributed by atoms with Crippen LogP contribution < -0.4 is 5.32 Å². The van der Waals surface area contributed by atoms with Gasteiger partial charge in [0, 0.05) is 7.05 Å². The third-order valence-electron chi connectivity index (χ3n) is 3.48. The number of hydrogen-bond acceptors (Lipinski definition) is 4. The molecule has 1 aromatic carbocycles. The number of aryl methyl sites for hydroxylation is 2. The number of hydrogen-bond donors (Lipinski definition) is 2. The Labute approximate surface area is 132 Å². The molecular weight excluding hydrogens is 298 g/mol. The number of carbonyl (C=O) groups is 1. The highest BCUT2D eigenvalue weighted by Crippen LogP contribution is 2.21. The zero-order chi connectivity index (χ0) is 15.7. The van der Waals surface area contributed by atoms with E-state index in [0.717, 1.165) is 33.3 Å². The van der Waals surface area contributed by atoms with Gasteiger partial charge in [-0.2, -0.15) is 5.10 Å². The largest absolute Gasteiger partial charge is 0.333 e. The molecule has 0 aliphatic carbocycles. The first-order valence-corrected chi connectivity index (χ1v) is 7.91. The number of anilines is 1. The second-order valence-electron chi connectivity index (χ2n) is 5.07. The lowest BCUT2D eigenvalue weighted by molar-refractivity contribution is -0.113. The van der Waals surface area contributed by atoms with E-state index in [-0.39, 0.29) is 5.91 Å². The lowest BCUT2D eigenvalue weighted by atomic mass is 10.3. The smallest absolute Gasteiger partial charge is 0.234 e. The van der Waals surface area contributed by atoms with Crippen LogP contribution >= 0.6 is 11.8 Å². The molecule has 1 amide bonds. The van der Waals surface area contributed by atoms with Crippen molar-refractivity contribution in [3.05, 3.63) is 35.7 Å². The van der Waals surface area contributed by atoms with Gasteiger partial charge in [-0.1, -0.05) is 23.9 Å². The van der Waals surface area contributed by atoms with Crippen LogP contribution in [0.2, 0.25) is 0 Å². The van der Waals surface area contributed by atoms with Crippen LogP contribution in [0.25, 0.3) is 11.0 Å². The van der Waals surface area contributed by atoms with E-state index < -0.39 is 0 Å². The zero-order valence-corrected chi connectivity index (χ0v) is 13.5. The maximum absolute atomic E-state index is 12.1. The van der Waals surface area contributed by atoms with Gasteiger partial charge in [0.05, 0.1) is 33.9 Å². The predicted octanol–water partition coefficient (Wildman–Crippen LogP) is 2.64. The molecule has 0 aliphatic heterocycles. The number of nitrogens with zero attached hydrogens (tertiary/aromatic N) is 3. The van der Waals surface area contributed by atoms with Crippen LogP contribution in [-0.2, 0) is 11.8 Å².